The lowest BCUT2D eigenvalue weighted by atomic mass is 9.47. The second kappa shape index (κ2) is 20.0. The molecule has 2 bridgehead atoms. The van der Waals surface area contributed by atoms with Gasteiger partial charge in [0.15, 0.2) is 0 Å². The van der Waals surface area contributed by atoms with Gasteiger partial charge in [0.25, 0.3) is 0 Å². The molecule has 2 heterocycles. The zero-order valence-electron chi connectivity index (χ0n) is 46.6. The molecule has 0 aromatic heterocycles. The zero-order chi connectivity index (χ0) is 57.1. The van der Waals surface area contributed by atoms with Crippen LogP contribution in [0.25, 0.3) is 0 Å². The van der Waals surface area contributed by atoms with Crippen molar-refractivity contribution >= 4 is 41.6 Å². The van der Waals surface area contributed by atoms with Gasteiger partial charge in [-0.3, -0.25) is 18.2 Å². The average Bonchev–Trinajstić information content (AvgIpc) is 3.86. The van der Waals surface area contributed by atoms with E-state index in [9.17, 15) is 62.1 Å². The summed E-state index contributed by atoms with van der Waals surface area (Å²) in [5.41, 5.74) is 1.47. The van der Waals surface area contributed by atoms with Crippen LogP contribution in [0.1, 0.15) is 178 Å². The van der Waals surface area contributed by atoms with Crippen LogP contribution in [-0.4, -0.2) is 122 Å². The van der Waals surface area contributed by atoms with Gasteiger partial charge in [-0.05, 0) is 211 Å². The first-order valence-corrected chi connectivity index (χ1v) is 34.0. The molecule has 0 aromatic carbocycles. The van der Waals surface area contributed by atoms with E-state index in [1.807, 2.05) is 13.8 Å². The van der Waals surface area contributed by atoms with E-state index in [0.717, 1.165) is 87.3 Å². The molecular weight excluding hydrogens is 1100 g/mol. The lowest BCUT2D eigenvalue weighted by Crippen LogP contribution is -2.58. The number of aliphatic hydroxyl groups is 2. The summed E-state index contributed by atoms with van der Waals surface area (Å²) in [5.74, 6) is -0.0691. The van der Waals surface area contributed by atoms with Crippen molar-refractivity contribution in [1.82, 2.24) is 0 Å². The predicted molar refractivity (Wildman–Crippen MR) is 282 cm³/mol. The SMILES string of the molecule is C[C@@H]([C@H]1CC[C@H]2C3=C(CC[C@]12C)[C@@]1(C)C[C@H](OS(=O)(=O)O)[C@H](O)C[C@@H]1[C@@H](OS(=O)(=O)O)C3)[C@H]1C[C@@H]2C[C@@](C)(OC2(C)C)[C@H](CC[C@@H](C)[C@H]2CCC3=C4C[C@H](OS(=O)(=O)O)[C@H]5C[C@@H](O)[C@@H](OS(=O)(=O)O)C[C@]5(C)[C@H]4CC[C@@]32C)O1. The highest BCUT2D eigenvalue weighted by atomic mass is 32.3. The Morgan fingerprint density at radius 3 is 1.69 bits per heavy atom. The average molecular weight is 1180 g/mol. The normalized spacial score (nSPS) is 47.2. The molecule has 2 saturated heterocycles. The third-order valence-corrected chi connectivity index (χ3v) is 25.5. The summed E-state index contributed by atoms with van der Waals surface area (Å²) < 4.78 is 172. The second-order valence-corrected chi connectivity index (χ2v) is 32.1. The van der Waals surface area contributed by atoms with Gasteiger partial charge >= 0.3 is 41.6 Å². The van der Waals surface area contributed by atoms with Crippen LogP contribution in [0.15, 0.2) is 22.3 Å². The fourth-order valence-electron chi connectivity index (χ4n) is 20.2. The maximum atomic E-state index is 12.4. The Morgan fingerprint density at radius 1 is 0.577 bits per heavy atom. The number of rotatable bonds is 14. The van der Waals surface area contributed by atoms with E-state index in [1.165, 1.54) is 5.57 Å². The predicted octanol–water partition coefficient (Wildman–Crippen LogP) is 8.13. The lowest BCUT2D eigenvalue weighted by molar-refractivity contribution is -0.200. The minimum Gasteiger partial charge on any atom is -0.390 e. The third kappa shape index (κ3) is 10.7. The molecule has 2 aliphatic heterocycles. The Kier molecular flexibility index (Phi) is 15.3. The van der Waals surface area contributed by atoms with Crippen molar-refractivity contribution in [2.24, 2.45) is 74.9 Å². The molecule has 6 N–H and O–H groups in total. The Morgan fingerprint density at radius 2 is 1.10 bits per heavy atom. The van der Waals surface area contributed by atoms with Crippen molar-refractivity contribution in [3.63, 3.8) is 0 Å². The molecule has 0 amide bonds. The van der Waals surface area contributed by atoms with E-state index in [-0.39, 0.29) is 103 Å². The first-order chi connectivity index (χ1) is 35.8. The molecule has 0 unspecified atom stereocenters. The molecule has 20 nitrogen and oxygen atoms in total. The molecule has 10 rings (SSSR count). The fourth-order valence-corrected chi connectivity index (χ4v) is 22.2. The summed E-state index contributed by atoms with van der Waals surface area (Å²) in [7, 11) is -19.6. The van der Waals surface area contributed by atoms with Crippen molar-refractivity contribution in [3.8, 4) is 0 Å². The zero-order valence-corrected chi connectivity index (χ0v) is 49.8. The smallest absolute Gasteiger partial charge is 0.390 e. The van der Waals surface area contributed by atoms with Gasteiger partial charge in [-0.15, -0.1) is 0 Å². The van der Waals surface area contributed by atoms with Crippen LogP contribution in [0.5, 0.6) is 0 Å². The molecular formula is C54H86O20S4. The van der Waals surface area contributed by atoms with Crippen LogP contribution in [0, 0.1) is 74.9 Å². The monoisotopic (exact) mass is 1180 g/mol. The van der Waals surface area contributed by atoms with Crippen LogP contribution >= 0.6 is 0 Å². The van der Waals surface area contributed by atoms with Gasteiger partial charge in [0.2, 0.25) is 0 Å². The van der Waals surface area contributed by atoms with Crippen LogP contribution in [0.2, 0.25) is 0 Å². The summed E-state index contributed by atoms with van der Waals surface area (Å²) in [5, 5.41) is 22.1. The van der Waals surface area contributed by atoms with E-state index < -0.39 is 112 Å². The van der Waals surface area contributed by atoms with Crippen LogP contribution in [0.4, 0.5) is 0 Å². The van der Waals surface area contributed by atoms with Gasteiger partial charge in [0.05, 0.1) is 47.8 Å². The molecule has 0 aromatic rings. The van der Waals surface area contributed by atoms with Gasteiger partial charge in [-0.25, -0.2) is 16.7 Å². The van der Waals surface area contributed by atoms with Crippen LogP contribution < -0.4 is 0 Å². The van der Waals surface area contributed by atoms with E-state index in [2.05, 4.69) is 48.5 Å². The lowest BCUT2D eigenvalue weighted by Gasteiger charge is -2.59. The molecule has 24 heteroatoms. The third-order valence-electron chi connectivity index (χ3n) is 23.6. The largest absolute Gasteiger partial charge is 0.397 e. The van der Waals surface area contributed by atoms with Crippen LogP contribution in [-0.2, 0) is 67.8 Å². The molecule has 0 radical (unpaired) electrons. The Hall–Kier alpha value is -1.20. The summed E-state index contributed by atoms with van der Waals surface area (Å²) in [6, 6.07) is 0. The summed E-state index contributed by atoms with van der Waals surface area (Å²) in [4.78, 5) is 0. The topological polar surface area (TPSA) is 313 Å². The molecule has 0 spiro atoms. The van der Waals surface area contributed by atoms with Crippen molar-refractivity contribution in [2.45, 2.75) is 238 Å². The standard InChI is InChI=1S/C54H86O20S4/c1-28(33-11-13-35-31-21-44(70-75(57,58)59)39-23-41(55)46(72-77(63,64)65)26-52(39,7)37(31)16-18-50(33,35)5)10-15-48-54(9)25-30(49(3,4)74-54)20-43(69-48)29(2)34-12-14-36-32-22-45(71-76(60,61)62)40-24-42(56)47(73-78(66,67)68)27-53(40,8)38(32)17-19-51(34,36)6/h28-30,33-34,36-37,39-48,55-56H,10-27H2,1-9H3,(H,57,58,59)(H,60,61,62)(H,63,64,65)(H,66,67,68)/t28-,29+,30-,33-,34-,36+,37+,39-,40-,41-,42-,43-,44+,45+,46+,47+,48+,50-,51-,52-,53-,54-/m1/s1. The quantitative estimate of drug-likeness (QED) is 0.0706. The van der Waals surface area contributed by atoms with Gasteiger partial charge < -0.3 is 19.7 Å². The Labute approximate surface area is 462 Å². The van der Waals surface area contributed by atoms with Gasteiger partial charge in [0, 0.05) is 0 Å². The number of aliphatic hydroxyl groups excluding tert-OH is 2. The summed E-state index contributed by atoms with van der Waals surface area (Å²) >= 11 is 0. The number of hydrogen-bond donors (Lipinski definition) is 6. The molecule has 22 atom stereocenters. The van der Waals surface area contributed by atoms with E-state index in [4.69, 9.17) is 26.2 Å². The highest BCUT2D eigenvalue weighted by molar-refractivity contribution is 7.81. The van der Waals surface area contributed by atoms with Gasteiger partial charge in [0.1, 0.15) is 12.2 Å². The van der Waals surface area contributed by atoms with E-state index >= 15 is 0 Å². The fraction of sp³-hybridized carbons (Fsp3) is 0.926. The number of fused-ring (bicyclic) bond motifs is 10. The highest BCUT2D eigenvalue weighted by Gasteiger charge is 2.64. The van der Waals surface area contributed by atoms with Crippen molar-refractivity contribution in [3.05, 3.63) is 22.3 Å². The van der Waals surface area contributed by atoms with Gasteiger partial charge in [-0.1, -0.05) is 63.8 Å². The van der Waals surface area contributed by atoms with Gasteiger partial charge in [-0.2, -0.15) is 33.7 Å². The highest BCUT2D eigenvalue weighted by Crippen LogP contribution is 2.69. The molecule has 446 valence electrons. The maximum Gasteiger partial charge on any atom is 0.397 e. The molecule has 7 fully saturated rings. The molecule has 10 aliphatic rings. The van der Waals surface area contributed by atoms with Crippen molar-refractivity contribution < 1.29 is 88.3 Å². The maximum absolute atomic E-state index is 12.4. The molecule has 8 aliphatic carbocycles. The molecule has 5 saturated carbocycles. The minimum absolute atomic E-state index is 0.00173. The van der Waals surface area contributed by atoms with E-state index in [1.54, 1.807) is 0 Å². The molecule has 78 heavy (non-hydrogen) atoms. The number of ether oxygens (including phenoxy) is 2. The number of allylic oxidation sites excluding steroid dienone is 2. The second-order valence-electron chi connectivity index (χ2n) is 27.9. The first-order valence-electron chi connectivity index (χ1n) is 28.6. The first kappa shape index (κ1) is 59.9. The summed E-state index contributed by atoms with van der Waals surface area (Å²) in [6.45, 7) is 19.8. The number of hydrogen-bond acceptors (Lipinski definition) is 16. The van der Waals surface area contributed by atoms with Crippen molar-refractivity contribution in [2.75, 3.05) is 0 Å². The van der Waals surface area contributed by atoms with E-state index in [0.29, 0.717) is 6.42 Å². The van der Waals surface area contributed by atoms with Crippen LogP contribution in [0.3, 0.4) is 0 Å². The summed E-state index contributed by atoms with van der Waals surface area (Å²) in [6.07, 6.45) is 2.77. The Bertz CT molecular complexity index is 2890. The van der Waals surface area contributed by atoms with Crippen molar-refractivity contribution in [1.29, 1.82) is 0 Å². The Balaban J connectivity index is 0.884. The minimum atomic E-state index is -4.92.